The smallest absolute Gasteiger partial charge is 0.410 e. The molecule has 4 rings (SSSR count). The Morgan fingerprint density at radius 3 is 2.52 bits per heavy atom. The van der Waals surface area contributed by atoms with Crippen LogP contribution in [0.4, 0.5) is 14.9 Å². The number of amides is 1. The van der Waals surface area contributed by atoms with Crippen LogP contribution in [0.25, 0.3) is 0 Å². The maximum atomic E-state index is 14.6. The van der Waals surface area contributed by atoms with Crippen LogP contribution in [-0.2, 0) is 11.3 Å². The van der Waals surface area contributed by atoms with Gasteiger partial charge in [-0.3, -0.25) is 0 Å². The van der Waals surface area contributed by atoms with Crippen LogP contribution in [0.3, 0.4) is 0 Å². The number of nitrogens with zero attached hydrogens (tertiary/aromatic N) is 2. The molecular weight excluding hydrogens is 447 g/mol. The van der Waals surface area contributed by atoms with Crippen molar-refractivity contribution >= 4 is 23.4 Å². The number of piperidine rings is 1. The van der Waals surface area contributed by atoms with Crippen molar-refractivity contribution in [2.75, 3.05) is 31.2 Å². The molecule has 0 atom stereocenters. The predicted octanol–water partition coefficient (Wildman–Crippen LogP) is 5.66. The molecule has 2 aromatic carbocycles. The fourth-order valence-corrected chi connectivity index (χ4v) is 4.37. The van der Waals surface area contributed by atoms with E-state index in [4.69, 9.17) is 25.8 Å². The highest BCUT2D eigenvalue weighted by Gasteiger charge is 2.30. The van der Waals surface area contributed by atoms with Crippen LogP contribution >= 0.6 is 11.6 Å². The lowest BCUT2D eigenvalue weighted by Gasteiger charge is -2.40. The number of fused-ring (bicyclic) bond motifs is 1. The molecule has 0 spiro atoms. The Hall–Kier alpha value is -2.67. The molecule has 2 aromatic rings. The minimum atomic E-state index is -0.532. The first-order valence-electron chi connectivity index (χ1n) is 11.3. The van der Waals surface area contributed by atoms with Crippen molar-refractivity contribution in [3.05, 3.63) is 52.8 Å². The van der Waals surface area contributed by atoms with Crippen molar-refractivity contribution < 1.29 is 23.4 Å². The molecule has 33 heavy (non-hydrogen) atoms. The van der Waals surface area contributed by atoms with Gasteiger partial charge in [0.1, 0.15) is 24.6 Å². The van der Waals surface area contributed by atoms with Crippen LogP contribution in [0.2, 0.25) is 5.02 Å². The zero-order valence-electron chi connectivity index (χ0n) is 19.3. The summed E-state index contributed by atoms with van der Waals surface area (Å²) in [6.45, 7) is 8.09. The topological polar surface area (TPSA) is 51.2 Å². The van der Waals surface area contributed by atoms with Gasteiger partial charge in [-0.1, -0.05) is 11.6 Å². The number of anilines is 1. The number of likely N-dealkylation sites (tertiary alicyclic amines) is 1. The Bertz CT molecular complexity index is 1000. The Kier molecular flexibility index (Phi) is 6.88. The number of rotatable bonds is 4. The minimum absolute atomic E-state index is 0.102. The van der Waals surface area contributed by atoms with Gasteiger partial charge in [0, 0.05) is 48.0 Å². The number of halogens is 2. The van der Waals surface area contributed by atoms with E-state index in [-0.39, 0.29) is 18.0 Å². The molecule has 0 aliphatic carbocycles. The summed E-state index contributed by atoms with van der Waals surface area (Å²) in [6.07, 6.45) is 1.17. The molecule has 1 fully saturated rings. The highest BCUT2D eigenvalue weighted by Crippen LogP contribution is 2.36. The summed E-state index contributed by atoms with van der Waals surface area (Å²) in [7, 11) is 0. The van der Waals surface area contributed by atoms with Crippen molar-refractivity contribution in [2.45, 2.75) is 51.8 Å². The van der Waals surface area contributed by atoms with Gasteiger partial charge in [-0.05, 0) is 63.9 Å². The van der Waals surface area contributed by atoms with Gasteiger partial charge in [0.25, 0.3) is 0 Å². The average molecular weight is 477 g/mol. The third-order valence-corrected chi connectivity index (χ3v) is 6.00. The minimum Gasteiger partial charge on any atom is -0.486 e. The van der Waals surface area contributed by atoms with Crippen molar-refractivity contribution in [1.29, 1.82) is 0 Å². The van der Waals surface area contributed by atoms with Gasteiger partial charge in [0.05, 0.1) is 0 Å². The number of carbonyl (C=O) groups is 1. The van der Waals surface area contributed by atoms with Crippen molar-refractivity contribution in [1.82, 2.24) is 4.90 Å². The van der Waals surface area contributed by atoms with E-state index in [1.165, 1.54) is 6.07 Å². The molecule has 1 saturated heterocycles. The molecule has 0 unspecified atom stereocenters. The first kappa shape index (κ1) is 23.5. The molecule has 8 heteroatoms. The summed E-state index contributed by atoms with van der Waals surface area (Å²) in [4.78, 5) is 16.4. The Labute approximate surface area is 199 Å². The highest BCUT2D eigenvalue weighted by molar-refractivity contribution is 6.30. The SMILES string of the molecule is CC(C)(C)OC(=O)N1CCC(N(Cc2cc(Cl)ccc2F)c2ccc3c(c2)OCCO3)CC1. The zero-order chi connectivity index (χ0) is 23.6. The molecule has 0 saturated carbocycles. The molecule has 0 N–H and O–H groups in total. The average Bonchev–Trinajstić information content (AvgIpc) is 2.78. The Morgan fingerprint density at radius 2 is 1.82 bits per heavy atom. The summed E-state index contributed by atoms with van der Waals surface area (Å²) < 4.78 is 31.6. The van der Waals surface area contributed by atoms with E-state index in [0.717, 1.165) is 18.5 Å². The quantitative estimate of drug-likeness (QED) is 0.570. The largest absolute Gasteiger partial charge is 0.486 e. The first-order valence-corrected chi connectivity index (χ1v) is 11.7. The molecular formula is C25H30ClFN2O4. The van der Waals surface area contributed by atoms with Gasteiger partial charge in [-0.2, -0.15) is 0 Å². The number of hydrogen-bond donors (Lipinski definition) is 0. The Balaban J connectivity index is 1.56. The normalized spacial score (nSPS) is 16.5. The van der Waals surface area contributed by atoms with E-state index in [9.17, 15) is 9.18 Å². The van der Waals surface area contributed by atoms with Gasteiger partial charge in [0.15, 0.2) is 11.5 Å². The van der Waals surface area contributed by atoms with E-state index in [1.807, 2.05) is 39.0 Å². The van der Waals surface area contributed by atoms with Gasteiger partial charge >= 0.3 is 6.09 Å². The lowest BCUT2D eigenvalue weighted by molar-refractivity contribution is 0.0204. The standard InChI is InChI=1S/C25H30ClFN2O4/c1-25(2,3)33-24(30)28-10-8-19(9-11-28)29(16-17-14-18(26)4-6-21(17)27)20-5-7-22-23(15-20)32-13-12-31-22/h4-7,14-15,19H,8-13,16H2,1-3H3. The third-order valence-electron chi connectivity index (χ3n) is 5.76. The van der Waals surface area contributed by atoms with Gasteiger partial charge in [-0.15, -0.1) is 0 Å². The van der Waals surface area contributed by atoms with Crippen LogP contribution < -0.4 is 14.4 Å². The molecule has 0 bridgehead atoms. The maximum absolute atomic E-state index is 14.6. The number of hydrogen-bond acceptors (Lipinski definition) is 5. The summed E-state index contributed by atoms with van der Waals surface area (Å²) in [5, 5.41) is 0.494. The van der Waals surface area contributed by atoms with E-state index in [0.29, 0.717) is 54.9 Å². The maximum Gasteiger partial charge on any atom is 0.410 e. The van der Waals surface area contributed by atoms with Gasteiger partial charge in [-0.25, -0.2) is 9.18 Å². The second-order valence-corrected chi connectivity index (χ2v) is 9.83. The highest BCUT2D eigenvalue weighted by atomic mass is 35.5. The molecule has 2 aliphatic rings. The summed E-state index contributed by atoms with van der Waals surface area (Å²) >= 11 is 6.15. The van der Waals surface area contributed by atoms with E-state index in [2.05, 4.69) is 4.90 Å². The number of ether oxygens (including phenoxy) is 3. The zero-order valence-corrected chi connectivity index (χ0v) is 20.0. The predicted molar refractivity (Wildman–Crippen MR) is 126 cm³/mol. The fourth-order valence-electron chi connectivity index (χ4n) is 4.18. The van der Waals surface area contributed by atoms with Gasteiger partial charge in [0.2, 0.25) is 0 Å². The lowest BCUT2D eigenvalue weighted by Crippen LogP contribution is -2.48. The Morgan fingerprint density at radius 1 is 1.12 bits per heavy atom. The summed E-state index contributed by atoms with van der Waals surface area (Å²) in [5.74, 6) is 1.09. The van der Waals surface area contributed by atoms with E-state index < -0.39 is 5.60 Å². The first-order chi connectivity index (χ1) is 15.7. The van der Waals surface area contributed by atoms with E-state index in [1.54, 1.807) is 17.0 Å². The van der Waals surface area contributed by atoms with Crippen LogP contribution in [0.15, 0.2) is 36.4 Å². The number of benzene rings is 2. The van der Waals surface area contributed by atoms with Gasteiger partial charge < -0.3 is 24.0 Å². The van der Waals surface area contributed by atoms with Crippen LogP contribution in [0.5, 0.6) is 11.5 Å². The van der Waals surface area contributed by atoms with Crippen molar-refractivity contribution in [3.8, 4) is 11.5 Å². The second kappa shape index (κ2) is 9.67. The van der Waals surface area contributed by atoms with Crippen LogP contribution in [-0.4, -0.2) is 48.9 Å². The molecule has 0 aromatic heterocycles. The third kappa shape index (κ3) is 5.82. The summed E-state index contributed by atoms with van der Waals surface area (Å²) in [6, 6.07) is 10.5. The fraction of sp³-hybridized carbons (Fsp3) is 0.480. The van der Waals surface area contributed by atoms with E-state index >= 15 is 0 Å². The summed E-state index contributed by atoms with van der Waals surface area (Å²) in [5.41, 5.74) is 0.899. The molecule has 2 aliphatic heterocycles. The molecule has 6 nitrogen and oxygen atoms in total. The molecule has 1 amide bonds. The van der Waals surface area contributed by atoms with Crippen LogP contribution in [0, 0.1) is 5.82 Å². The van der Waals surface area contributed by atoms with Crippen LogP contribution in [0.1, 0.15) is 39.2 Å². The molecule has 178 valence electrons. The van der Waals surface area contributed by atoms with Crippen molar-refractivity contribution in [2.24, 2.45) is 0 Å². The second-order valence-electron chi connectivity index (χ2n) is 9.39. The molecule has 2 heterocycles. The monoisotopic (exact) mass is 476 g/mol. The lowest BCUT2D eigenvalue weighted by atomic mass is 10.0. The number of carbonyl (C=O) groups excluding carboxylic acids is 1. The van der Waals surface area contributed by atoms with Crippen molar-refractivity contribution in [3.63, 3.8) is 0 Å². The molecule has 0 radical (unpaired) electrons.